The molecule has 0 saturated carbocycles. The molecular formula is C18H18ClFN4O5S. The minimum atomic E-state index is -0.754. The van der Waals surface area contributed by atoms with E-state index in [-0.39, 0.29) is 30.7 Å². The molecule has 3 aromatic rings. The van der Waals surface area contributed by atoms with Crippen LogP contribution in [0.2, 0.25) is 4.47 Å². The summed E-state index contributed by atoms with van der Waals surface area (Å²) in [5.74, 6) is -0.577. The summed E-state index contributed by atoms with van der Waals surface area (Å²) in [5.41, 5.74) is 0.733. The maximum atomic E-state index is 14.3. The Morgan fingerprint density at radius 1 is 1.30 bits per heavy atom. The second kappa shape index (κ2) is 9.83. The van der Waals surface area contributed by atoms with E-state index in [2.05, 4.69) is 20.3 Å². The zero-order valence-electron chi connectivity index (χ0n) is 16.0. The van der Waals surface area contributed by atoms with Crippen LogP contribution in [-0.2, 0) is 4.74 Å². The average molecular weight is 457 g/mol. The highest BCUT2D eigenvalue weighted by Crippen LogP contribution is 2.31. The van der Waals surface area contributed by atoms with Crippen LogP contribution in [-0.4, -0.2) is 51.6 Å². The van der Waals surface area contributed by atoms with Gasteiger partial charge in [-0.2, -0.15) is 0 Å². The minimum Gasteiger partial charge on any atom is -0.484 e. The molecule has 0 unspecified atom stereocenters. The van der Waals surface area contributed by atoms with Crippen LogP contribution in [0.5, 0.6) is 11.8 Å². The van der Waals surface area contributed by atoms with Gasteiger partial charge in [0.05, 0.1) is 34.9 Å². The number of hydrogen-bond acceptors (Lipinski definition) is 9. The number of anilines is 1. The maximum absolute atomic E-state index is 14.3. The third-order valence-electron chi connectivity index (χ3n) is 3.88. The monoisotopic (exact) mass is 456 g/mol. The molecule has 30 heavy (non-hydrogen) atoms. The maximum Gasteiger partial charge on any atom is 0.412 e. The predicted molar refractivity (Wildman–Crippen MR) is 109 cm³/mol. The van der Waals surface area contributed by atoms with Crippen LogP contribution >= 0.6 is 22.9 Å². The molecule has 1 amide bonds. The van der Waals surface area contributed by atoms with Gasteiger partial charge >= 0.3 is 12.1 Å². The quantitative estimate of drug-likeness (QED) is 0.527. The molecule has 0 saturated heterocycles. The molecule has 9 nitrogen and oxygen atoms in total. The number of nitrogens with zero attached hydrogens (tertiary/aromatic N) is 3. The summed E-state index contributed by atoms with van der Waals surface area (Å²) in [6.07, 6.45) is 0.567. The van der Waals surface area contributed by atoms with Gasteiger partial charge in [-0.25, -0.2) is 24.1 Å². The van der Waals surface area contributed by atoms with Crippen molar-refractivity contribution in [3.05, 3.63) is 34.8 Å². The highest BCUT2D eigenvalue weighted by atomic mass is 35.5. The number of fused-ring (bicyclic) bond motifs is 1. The first kappa shape index (κ1) is 21.9. The van der Waals surface area contributed by atoms with E-state index in [0.29, 0.717) is 14.7 Å². The Morgan fingerprint density at radius 2 is 2.03 bits per heavy atom. The van der Waals surface area contributed by atoms with Crippen LogP contribution in [0.1, 0.15) is 13.8 Å². The number of carbonyl (C=O) groups is 1. The van der Waals surface area contributed by atoms with Gasteiger partial charge in [0.25, 0.3) is 0 Å². The van der Waals surface area contributed by atoms with Gasteiger partial charge in [0.15, 0.2) is 16.0 Å². The number of ether oxygens (including phenoxy) is 3. The molecule has 0 aliphatic rings. The Morgan fingerprint density at radius 3 is 2.73 bits per heavy atom. The van der Waals surface area contributed by atoms with Crippen LogP contribution in [0.25, 0.3) is 10.2 Å². The summed E-state index contributed by atoms with van der Waals surface area (Å²) >= 11 is 7.06. The molecule has 2 N–H and O–H groups in total. The van der Waals surface area contributed by atoms with E-state index >= 15 is 0 Å². The molecule has 2 atom stereocenters. The Labute approximate surface area is 179 Å². The normalized spacial score (nSPS) is 13.0. The first-order valence-electron chi connectivity index (χ1n) is 8.81. The molecule has 0 aliphatic carbocycles. The van der Waals surface area contributed by atoms with Crippen molar-refractivity contribution >= 4 is 44.9 Å². The van der Waals surface area contributed by atoms with Crippen LogP contribution in [0.15, 0.2) is 24.5 Å². The van der Waals surface area contributed by atoms with Crippen molar-refractivity contribution in [1.29, 1.82) is 0 Å². The van der Waals surface area contributed by atoms with Crippen molar-refractivity contribution in [2.75, 3.05) is 18.5 Å². The van der Waals surface area contributed by atoms with Gasteiger partial charge in [-0.15, -0.1) is 11.3 Å². The Balaban J connectivity index is 1.55. The molecule has 0 spiro atoms. The van der Waals surface area contributed by atoms with Crippen molar-refractivity contribution in [3.8, 4) is 11.8 Å². The number of benzene rings is 1. The summed E-state index contributed by atoms with van der Waals surface area (Å²) in [6.45, 7) is 3.17. The zero-order chi connectivity index (χ0) is 21.7. The number of rotatable bonds is 8. The number of aliphatic hydroxyl groups is 1. The number of hydrogen-bond donors (Lipinski definition) is 2. The molecule has 0 bridgehead atoms. The Bertz CT molecular complexity index is 1020. The molecular weight excluding hydrogens is 439 g/mol. The van der Waals surface area contributed by atoms with Crippen molar-refractivity contribution in [2.24, 2.45) is 0 Å². The van der Waals surface area contributed by atoms with Gasteiger partial charge in [-0.05, 0) is 13.8 Å². The largest absolute Gasteiger partial charge is 0.484 e. The minimum absolute atomic E-state index is 0.0121. The van der Waals surface area contributed by atoms with Crippen LogP contribution in [0, 0.1) is 5.82 Å². The van der Waals surface area contributed by atoms with Gasteiger partial charge < -0.3 is 19.3 Å². The molecule has 1 aromatic carbocycles. The van der Waals surface area contributed by atoms with Crippen molar-refractivity contribution < 1.29 is 28.5 Å². The van der Waals surface area contributed by atoms with E-state index in [1.54, 1.807) is 13.8 Å². The van der Waals surface area contributed by atoms with Gasteiger partial charge in [0.1, 0.15) is 18.8 Å². The van der Waals surface area contributed by atoms with Gasteiger partial charge in [0, 0.05) is 12.1 Å². The number of aliphatic hydroxyl groups excluding tert-OH is 1. The molecule has 2 heterocycles. The van der Waals surface area contributed by atoms with Crippen molar-refractivity contribution in [1.82, 2.24) is 15.0 Å². The highest BCUT2D eigenvalue weighted by molar-refractivity contribution is 7.22. The number of nitrogens with one attached hydrogen (secondary N) is 1. The first-order valence-corrected chi connectivity index (χ1v) is 10.0. The van der Waals surface area contributed by atoms with Crippen molar-refractivity contribution in [3.63, 3.8) is 0 Å². The lowest BCUT2D eigenvalue weighted by molar-refractivity contribution is 0.0402. The van der Waals surface area contributed by atoms with Crippen LogP contribution < -0.4 is 14.8 Å². The fraction of sp³-hybridized carbons (Fsp3) is 0.333. The molecule has 0 radical (unpaired) electrons. The van der Waals surface area contributed by atoms with Crippen LogP contribution in [0.4, 0.5) is 14.9 Å². The average Bonchev–Trinajstić information content (AvgIpc) is 3.06. The fourth-order valence-electron chi connectivity index (χ4n) is 2.29. The van der Waals surface area contributed by atoms with Crippen molar-refractivity contribution in [2.45, 2.75) is 26.1 Å². The molecule has 0 fully saturated rings. The number of carbonyl (C=O) groups excluding carboxylic acids is 1. The van der Waals surface area contributed by atoms with E-state index in [1.165, 1.54) is 35.9 Å². The first-order chi connectivity index (χ1) is 14.4. The van der Waals surface area contributed by atoms with Gasteiger partial charge in [-0.1, -0.05) is 11.6 Å². The summed E-state index contributed by atoms with van der Waals surface area (Å²) in [6, 6.07) is 2.82. The highest BCUT2D eigenvalue weighted by Gasteiger charge is 2.21. The van der Waals surface area contributed by atoms with Crippen LogP contribution in [0.3, 0.4) is 0 Å². The third kappa shape index (κ3) is 5.65. The lowest BCUT2D eigenvalue weighted by atomic mass is 10.2. The number of amides is 1. The lowest BCUT2D eigenvalue weighted by Gasteiger charge is -2.22. The standard InChI is InChI=1S/C18H18ClFN4O5S/c1-9(28-14-6-15-13(5-12(14)20)24-16(19)30-15)10(2)29-18(26)23-11-7-21-17(22-8-11)27-4-3-25/h5-10,25H,3-4H2,1-2H3,(H,23,26)/t9-,10+/m0/s1. The van der Waals surface area contributed by atoms with E-state index in [4.69, 9.17) is 30.9 Å². The van der Waals surface area contributed by atoms with Gasteiger partial charge in [-0.3, -0.25) is 5.32 Å². The Hall–Kier alpha value is -2.76. The topological polar surface area (TPSA) is 116 Å². The number of thiazole rings is 1. The summed E-state index contributed by atoms with van der Waals surface area (Å²) in [4.78, 5) is 23.8. The molecule has 12 heteroatoms. The molecule has 160 valence electrons. The second-order valence-corrected chi connectivity index (χ2v) is 7.71. The molecule has 3 rings (SSSR count). The zero-order valence-corrected chi connectivity index (χ0v) is 17.5. The van der Waals surface area contributed by atoms with E-state index < -0.39 is 24.1 Å². The number of aromatic nitrogens is 3. The second-order valence-electron chi connectivity index (χ2n) is 6.10. The molecule has 2 aromatic heterocycles. The molecule has 0 aliphatic heterocycles. The van der Waals surface area contributed by atoms with Gasteiger partial charge in [0.2, 0.25) is 0 Å². The SMILES string of the molecule is C[C@H](Oc1cc2sc(Cl)nc2cc1F)[C@@H](C)OC(=O)Nc1cnc(OCCO)nc1. The van der Waals surface area contributed by atoms with E-state index in [1.807, 2.05) is 0 Å². The summed E-state index contributed by atoms with van der Waals surface area (Å²) < 4.78 is 31.2. The van der Waals surface area contributed by atoms with E-state index in [9.17, 15) is 9.18 Å². The fourth-order valence-corrected chi connectivity index (χ4v) is 3.33. The third-order valence-corrected chi connectivity index (χ3v) is 5.00. The smallest absolute Gasteiger partial charge is 0.412 e. The summed E-state index contributed by atoms with van der Waals surface area (Å²) in [5, 5.41) is 11.2. The van der Waals surface area contributed by atoms with E-state index in [0.717, 1.165) is 0 Å². The lowest BCUT2D eigenvalue weighted by Crippen LogP contribution is -2.32. The summed E-state index contributed by atoms with van der Waals surface area (Å²) in [7, 11) is 0. The number of halogens is 2. The Kier molecular flexibility index (Phi) is 7.19. The predicted octanol–water partition coefficient (Wildman–Crippen LogP) is 3.65.